The Kier molecular flexibility index (Phi) is 3.91. The molecule has 1 fully saturated rings. The predicted octanol–water partition coefficient (Wildman–Crippen LogP) is 2.89. The van der Waals surface area contributed by atoms with Crippen molar-refractivity contribution in [3.63, 3.8) is 0 Å². The fraction of sp³-hybridized carbons (Fsp3) is 0.667. The van der Waals surface area contributed by atoms with Crippen molar-refractivity contribution in [2.75, 3.05) is 25.5 Å². The maximum atomic E-state index is 4.44. The largest absolute Gasteiger partial charge is 0.367 e. The average Bonchev–Trinajstić information content (AvgIpc) is 2.31. The molecule has 18 heavy (non-hydrogen) atoms. The van der Waals surface area contributed by atoms with Crippen molar-refractivity contribution in [3.05, 3.63) is 23.9 Å². The van der Waals surface area contributed by atoms with Gasteiger partial charge < -0.3 is 10.2 Å². The first-order valence-corrected chi connectivity index (χ1v) is 6.87. The van der Waals surface area contributed by atoms with E-state index in [4.69, 9.17) is 0 Å². The van der Waals surface area contributed by atoms with Gasteiger partial charge in [-0.15, -0.1) is 0 Å². The molecule has 0 bridgehead atoms. The first-order valence-electron chi connectivity index (χ1n) is 6.87. The van der Waals surface area contributed by atoms with Crippen LogP contribution in [0.25, 0.3) is 0 Å². The van der Waals surface area contributed by atoms with Gasteiger partial charge in [0.05, 0.1) is 0 Å². The molecule has 2 heterocycles. The second kappa shape index (κ2) is 5.27. The van der Waals surface area contributed by atoms with E-state index in [2.05, 4.69) is 55.2 Å². The topological polar surface area (TPSA) is 28.2 Å². The first-order chi connectivity index (χ1) is 8.45. The standard InChI is InChI=1S/C15H25N3/c1-15(2,3)12-5-8-16-14(11-12)17-13-6-9-18(4)10-7-13/h5,8,11,13H,6-7,9-10H2,1-4H3,(H,16,17). The summed E-state index contributed by atoms with van der Waals surface area (Å²) < 4.78 is 0. The van der Waals surface area contributed by atoms with E-state index in [-0.39, 0.29) is 5.41 Å². The van der Waals surface area contributed by atoms with Crippen LogP contribution in [0.15, 0.2) is 18.3 Å². The van der Waals surface area contributed by atoms with Crippen molar-refractivity contribution in [2.45, 2.75) is 45.1 Å². The van der Waals surface area contributed by atoms with E-state index in [1.54, 1.807) is 0 Å². The Bertz CT molecular complexity index is 387. The van der Waals surface area contributed by atoms with Gasteiger partial charge in [0.25, 0.3) is 0 Å². The van der Waals surface area contributed by atoms with E-state index < -0.39 is 0 Å². The van der Waals surface area contributed by atoms with E-state index in [9.17, 15) is 0 Å². The molecule has 0 aliphatic carbocycles. The highest BCUT2D eigenvalue weighted by Gasteiger charge is 2.18. The molecule has 1 saturated heterocycles. The zero-order chi connectivity index (χ0) is 13.2. The third kappa shape index (κ3) is 3.45. The molecule has 100 valence electrons. The van der Waals surface area contributed by atoms with Crippen LogP contribution in [0, 0.1) is 0 Å². The fourth-order valence-corrected chi connectivity index (χ4v) is 2.34. The number of likely N-dealkylation sites (tertiary alicyclic amines) is 1. The van der Waals surface area contributed by atoms with Crippen LogP contribution in [0.5, 0.6) is 0 Å². The van der Waals surface area contributed by atoms with Gasteiger partial charge in [0, 0.05) is 12.2 Å². The van der Waals surface area contributed by atoms with E-state index in [0.29, 0.717) is 6.04 Å². The van der Waals surface area contributed by atoms with Crippen LogP contribution in [0.1, 0.15) is 39.2 Å². The van der Waals surface area contributed by atoms with Gasteiger partial charge in [-0.05, 0) is 56.1 Å². The van der Waals surface area contributed by atoms with Gasteiger partial charge in [-0.3, -0.25) is 0 Å². The summed E-state index contributed by atoms with van der Waals surface area (Å²) >= 11 is 0. The van der Waals surface area contributed by atoms with E-state index >= 15 is 0 Å². The third-order valence-electron chi connectivity index (χ3n) is 3.70. The van der Waals surface area contributed by atoms with Crippen LogP contribution < -0.4 is 5.32 Å². The number of aromatic nitrogens is 1. The molecule has 0 saturated carbocycles. The Morgan fingerprint density at radius 3 is 2.56 bits per heavy atom. The molecule has 1 aromatic heterocycles. The van der Waals surface area contributed by atoms with Crippen LogP contribution in [0.4, 0.5) is 5.82 Å². The van der Waals surface area contributed by atoms with Crippen molar-refractivity contribution in [1.82, 2.24) is 9.88 Å². The molecule has 0 aromatic carbocycles. The molecule has 0 atom stereocenters. The molecule has 3 nitrogen and oxygen atoms in total. The Labute approximate surface area is 111 Å². The SMILES string of the molecule is CN1CCC(Nc2cc(C(C)(C)C)ccn2)CC1. The number of nitrogens with one attached hydrogen (secondary N) is 1. The number of piperidine rings is 1. The summed E-state index contributed by atoms with van der Waals surface area (Å²) in [5.41, 5.74) is 1.53. The molecule has 0 radical (unpaired) electrons. The smallest absolute Gasteiger partial charge is 0.126 e. The molecular formula is C15H25N3. The van der Waals surface area contributed by atoms with Crippen LogP contribution in [-0.2, 0) is 5.41 Å². The number of rotatable bonds is 2. The highest BCUT2D eigenvalue weighted by Crippen LogP contribution is 2.24. The van der Waals surface area contributed by atoms with Crippen molar-refractivity contribution in [3.8, 4) is 0 Å². The molecular weight excluding hydrogens is 222 g/mol. The number of nitrogens with zero attached hydrogens (tertiary/aromatic N) is 2. The molecule has 1 N–H and O–H groups in total. The van der Waals surface area contributed by atoms with Crippen molar-refractivity contribution >= 4 is 5.82 Å². The predicted molar refractivity (Wildman–Crippen MR) is 77.1 cm³/mol. The lowest BCUT2D eigenvalue weighted by atomic mass is 9.88. The van der Waals surface area contributed by atoms with Crippen LogP contribution in [0.2, 0.25) is 0 Å². The second-order valence-electron chi connectivity index (χ2n) is 6.40. The Morgan fingerprint density at radius 1 is 1.28 bits per heavy atom. The van der Waals surface area contributed by atoms with Gasteiger partial charge >= 0.3 is 0 Å². The average molecular weight is 247 g/mol. The molecule has 2 rings (SSSR count). The molecule has 0 amide bonds. The zero-order valence-electron chi connectivity index (χ0n) is 12.0. The van der Waals surface area contributed by atoms with Crippen LogP contribution in [-0.4, -0.2) is 36.1 Å². The minimum absolute atomic E-state index is 0.187. The lowest BCUT2D eigenvalue weighted by Gasteiger charge is -2.30. The summed E-state index contributed by atoms with van der Waals surface area (Å²) in [5.74, 6) is 1.02. The van der Waals surface area contributed by atoms with Crippen molar-refractivity contribution < 1.29 is 0 Å². The summed E-state index contributed by atoms with van der Waals surface area (Å²) in [5, 5.41) is 3.58. The van der Waals surface area contributed by atoms with E-state index in [1.807, 2.05) is 6.20 Å². The molecule has 0 unspecified atom stereocenters. The summed E-state index contributed by atoms with van der Waals surface area (Å²) in [6, 6.07) is 4.88. The molecule has 1 aliphatic heterocycles. The van der Waals surface area contributed by atoms with Gasteiger partial charge in [0.1, 0.15) is 5.82 Å². The number of hydrogen-bond acceptors (Lipinski definition) is 3. The van der Waals surface area contributed by atoms with Gasteiger partial charge in [-0.2, -0.15) is 0 Å². The molecule has 1 aromatic rings. The maximum absolute atomic E-state index is 4.44. The van der Waals surface area contributed by atoms with Gasteiger partial charge in [-0.1, -0.05) is 20.8 Å². The monoisotopic (exact) mass is 247 g/mol. The third-order valence-corrected chi connectivity index (χ3v) is 3.70. The minimum atomic E-state index is 0.187. The summed E-state index contributed by atoms with van der Waals surface area (Å²) in [6.45, 7) is 9.07. The Morgan fingerprint density at radius 2 is 1.94 bits per heavy atom. The second-order valence-corrected chi connectivity index (χ2v) is 6.40. The molecule has 3 heteroatoms. The molecule has 0 spiro atoms. The summed E-state index contributed by atoms with van der Waals surface area (Å²) in [4.78, 5) is 6.83. The summed E-state index contributed by atoms with van der Waals surface area (Å²) in [6.07, 6.45) is 4.33. The highest BCUT2D eigenvalue weighted by atomic mass is 15.1. The minimum Gasteiger partial charge on any atom is -0.367 e. The van der Waals surface area contributed by atoms with Gasteiger partial charge in [-0.25, -0.2) is 4.98 Å². The van der Waals surface area contributed by atoms with Crippen LogP contribution >= 0.6 is 0 Å². The normalized spacial score (nSPS) is 18.9. The quantitative estimate of drug-likeness (QED) is 0.871. The number of anilines is 1. The maximum Gasteiger partial charge on any atom is 0.126 e. The first kappa shape index (κ1) is 13.3. The lowest BCUT2D eigenvalue weighted by Crippen LogP contribution is -2.36. The fourth-order valence-electron chi connectivity index (χ4n) is 2.34. The molecule has 1 aliphatic rings. The van der Waals surface area contributed by atoms with E-state index in [1.165, 1.54) is 31.5 Å². The lowest BCUT2D eigenvalue weighted by molar-refractivity contribution is 0.263. The van der Waals surface area contributed by atoms with Gasteiger partial charge in [0.15, 0.2) is 0 Å². The zero-order valence-corrected chi connectivity index (χ0v) is 12.0. The highest BCUT2D eigenvalue weighted by molar-refractivity contribution is 5.40. The number of hydrogen-bond donors (Lipinski definition) is 1. The van der Waals surface area contributed by atoms with Crippen LogP contribution in [0.3, 0.4) is 0 Å². The number of pyridine rings is 1. The van der Waals surface area contributed by atoms with E-state index in [0.717, 1.165) is 5.82 Å². The van der Waals surface area contributed by atoms with Crippen molar-refractivity contribution in [1.29, 1.82) is 0 Å². The Balaban J connectivity index is 2.01. The Hall–Kier alpha value is -1.09. The van der Waals surface area contributed by atoms with Crippen molar-refractivity contribution in [2.24, 2.45) is 0 Å². The van der Waals surface area contributed by atoms with Gasteiger partial charge in [0.2, 0.25) is 0 Å². The summed E-state index contributed by atoms with van der Waals surface area (Å²) in [7, 11) is 2.19.